The van der Waals surface area contributed by atoms with E-state index in [0.717, 1.165) is 24.9 Å². The van der Waals surface area contributed by atoms with Crippen LogP contribution in [0.2, 0.25) is 0 Å². The zero-order valence-electron chi connectivity index (χ0n) is 15.6. The van der Waals surface area contributed by atoms with Crippen molar-refractivity contribution < 1.29 is 13.2 Å². The Kier molecular flexibility index (Phi) is 6.29. The van der Waals surface area contributed by atoms with E-state index >= 15 is 0 Å². The zero-order chi connectivity index (χ0) is 19.3. The molecule has 1 aliphatic heterocycles. The van der Waals surface area contributed by atoms with Gasteiger partial charge in [-0.15, -0.1) is 0 Å². The van der Waals surface area contributed by atoms with Gasteiger partial charge in [0.15, 0.2) is 0 Å². The molecule has 2 aromatic rings. The van der Waals surface area contributed by atoms with Crippen LogP contribution in [0.4, 0.5) is 0 Å². The fraction of sp³-hybridized carbons (Fsp3) is 0.381. The second kappa shape index (κ2) is 8.67. The fourth-order valence-corrected chi connectivity index (χ4v) is 4.41. The van der Waals surface area contributed by atoms with Crippen molar-refractivity contribution >= 4 is 15.9 Å². The van der Waals surface area contributed by atoms with E-state index in [0.29, 0.717) is 25.9 Å². The summed E-state index contributed by atoms with van der Waals surface area (Å²) in [7, 11) is -3.44. The maximum atomic E-state index is 12.5. The molecule has 27 heavy (non-hydrogen) atoms. The summed E-state index contributed by atoms with van der Waals surface area (Å²) >= 11 is 0. The first-order valence-electron chi connectivity index (χ1n) is 9.43. The summed E-state index contributed by atoms with van der Waals surface area (Å²) in [5.41, 5.74) is 3.52. The largest absolute Gasteiger partial charge is 0.338 e. The third-order valence-corrected chi connectivity index (χ3v) is 6.36. The Hall–Kier alpha value is -2.18. The maximum absolute atomic E-state index is 12.5. The molecule has 144 valence electrons. The van der Waals surface area contributed by atoms with E-state index in [4.69, 9.17) is 0 Å². The van der Waals surface area contributed by atoms with E-state index < -0.39 is 10.0 Å². The molecule has 0 unspecified atom stereocenters. The Morgan fingerprint density at radius 2 is 1.78 bits per heavy atom. The minimum Gasteiger partial charge on any atom is -0.338 e. The SMILES string of the molecule is CCCNS(=O)(=O)c1ccc(CCC(=O)N2CCc3ccccc3C2)cc1. The van der Waals surface area contributed by atoms with Gasteiger partial charge in [0.25, 0.3) is 0 Å². The molecule has 1 amide bonds. The second-order valence-corrected chi connectivity index (χ2v) is 8.64. The summed E-state index contributed by atoms with van der Waals surface area (Å²) in [4.78, 5) is 14.7. The molecule has 1 aliphatic rings. The molecule has 3 rings (SSSR count). The van der Waals surface area contributed by atoms with Crippen LogP contribution in [0.15, 0.2) is 53.4 Å². The molecule has 0 spiro atoms. The van der Waals surface area contributed by atoms with Gasteiger partial charge in [0.1, 0.15) is 0 Å². The molecule has 0 saturated heterocycles. The van der Waals surface area contributed by atoms with Crippen LogP contribution in [0.3, 0.4) is 0 Å². The quantitative estimate of drug-likeness (QED) is 0.796. The van der Waals surface area contributed by atoms with Crippen LogP contribution in [0, 0.1) is 0 Å². The molecule has 6 heteroatoms. The molecule has 0 radical (unpaired) electrons. The summed E-state index contributed by atoms with van der Waals surface area (Å²) in [5.74, 6) is 0.144. The number of amides is 1. The summed E-state index contributed by atoms with van der Waals surface area (Å²) in [6.45, 7) is 3.78. The van der Waals surface area contributed by atoms with E-state index in [1.54, 1.807) is 24.3 Å². The van der Waals surface area contributed by atoms with Crippen LogP contribution in [0.25, 0.3) is 0 Å². The minimum atomic E-state index is -3.44. The summed E-state index contributed by atoms with van der Waals surface area (Å²) in [6, 6.07) is 15.1. The Balaban J connectivity index is 1.55. The smallest absolute Gasteiger partial charge is 0.240 e. The lowest BCUT2D eigenvalue weighted by Crippen LogP contribution is -2.36. The van der Waals surface area contributed by atoms with E-state index in [1.165, 1.54) is 11.1 Å². The van der Waals surface area contributed by atoms with Crippen molar-refractivity contribution in [2.45, 2.75) is 44.0 Å². The third-order valence-electron chi connectivity index (χ3n) is 4.89. The molecule has 0 aliphatic carbocycles. The third kappa shape index (κ3) is 4.96. The number of fused-ring (bicyclic) bond motifs is 1. The summed E-state index contributed by atoms with van der Waals surface area (Å²) in [5, 5.41) is 0. The van der Waals surface area contributed by atoms with E-state index in [9.17, 15) is 13.2 Å². The van der Waals surface area contributed by atoms with Gasteiger partial charge in [-0.1, -0.05) is 43.3 Å². The molecule has 5 nitrogen and oxygen atoms in total. The van der Waals surface area contributed by atoms with Crippen LogP contribution >= 0.6 is 0 Å². The highest BCUT2D eigenvalue weighted by atomic mass is 32.2. The number of aryl methyl sites for hydroxylation is 1. The number of rotatable bonds is 7. The highest BCUT2D eigenvalue weighted by Gasteiger charge is 2.20. The van der Waals surface area contributed by atoms with Gasteiger partial charge in [-0.3, -0.25) is 4.79 Å². The number of benzene rings is 2. The summed E-state index contributed by atoms with van der Waals surface area (Å²) < 4.78 is 26.8. The number of nitrogens with one attached hydrogen (secondary N) is 1. The van der Waals surface area contributed by atoms with Gasteiger partial charge >= 0.3 is 0 Å². The molecule has 0 saturated carbocycles. The second-order valence-electron chi connectivity index (χ2n) is 6.88. The normalized spacial score (nSPS) is 14.0. The van der Waals surface area contributed by atoms with Gasteiger partial charge in [-0.25, -0.2) is 13.1 Å². The van der Waals surface area contributed by atoms with Crippen LogP contribution in [-0.2, 0) is 34.2 Å². The molecule has 0 aromatic heterocycles. The number of carbonyl (C=O) groups excluding carboxylic acids is 1. The number of hydrogen-bond acceptors (Lipinski definition) is 3. The van der Waals surface area contributed by atoms with Gasteiger partial charge in [-0.2, -0.15) is 0 Å². The number of carbonyl (C=O) groups is 1. The van der Waals surface area contributed by atoms with E-state index in [-0.39, 0.29) is 10.8 Å². The number of sulfonamides is 1. The Bertz CT molecular complexity index is 892. The molecular formula is C21H26N2O3S. The van der Waals surface area contributed by atoms with Gasteiger partial charge < -0.3 is 4.90 Å². The highest BCUT2D eigenvalue weighted by molar-refractivity contribution is 7.89. The molecule has 0 bridgehead atoms. The minimum absolute atomic E-state index is 0.144. The topological polar surface area (TPSA) is 66.5 Å². The molecular weight excluding hydrogens is 360 g/mol. The van der Waals surface area contributed by atoms with Crippen LogP contribution < -0.4 is 4.72 Å². The van der Waals surface area contributed by atoms with Crippen LogP contribution in [0.5, 0.6) is 0 Å². The van der Waals surface area contributed by atoms with Gasteiger partial charge in [0.2, 0.25) is 15.9 Å². The molecule has 2 aromatic carbocycles. The first-order chi connectivity index (χ1) is 13.0. The van der Waals surface area contributed by atoms with Crippen LogP contribution in [-0.4, -0.2) is 32.3 Å². The maximum Gasteiger partial charge on any atom is 0.240 e. The lowest BCUT2D eigenvalue weighted by molar-refractivity contribution is -0.132. The number of nitrogens with zero attached hydrogens (tertiary/aromatic N) is 1. The standard InChI is InChI=1S/C21H26N2O3S/c1-2-14-22-27(25,26)20-10-7-17(8-11-20)9-12-21(24)23-15-13-18-5-3-4-6-19(18)16-23/h3-8,10-11,22H,2,9,12-16H2,1H3. The molecule has 1 heterocycles. The van der Waals surface area contributed by atoms with E-state index in [1.807, 2.05) is 24.0 Å². The first-order valence-corrected chi connectivity index (χ1v) is 10.9. The molecule has 1 N–H and O–H groups in total. The average molecular weight is 387 g/mol. The predicted molar refractivity (Wildman–Crippen MR) is 106 cm³/mol. The predicted octanol–water partition coefficient (Wildman–Crippen LogP) is 2.89. The first kappa shape index (κ1) is 19.6. The van der Waals surface area contributed by atoms with Crippen molar-refractivity contribution in [1.29, 1.82) is 0 Å². The molecule has 0 fully saturated rings. The zero-order valence-corrected chi connectivity index (χ0v) is 16.5. The average Bonchev–Trinajstić information content (AvgIpc) is 2.70. The van der Waals surface area contributed by atoms with Crippen LogP contribution in [0.1, 0.15) is 36.5 Å². The van der Waals surface area contributed by atoms with Crippen molar-refractivity contribution in [2.24, 2.45) is 0 Å². The van der Waals surface area contributed by atoms with Crippen molar-refractivity contribution in [2.75, 3.05) is 13.1 Å². The van der Waals surface area contributed by atoms with Gasteiger partial charge in [0.05, 0.1) is 4.90 Å². The van der Waals surface area contributed by atoms with Gasteiger partial charge in [0, 0.05) is 26.1 Å². The van der Waals surface area contributed by atoms with Crippen molar-refractivity contribution in [3.05, 3.63) is 65.2 Å². The number of hydrogen-bond donors (Lipinski definition) is 1. The van der Waals surface area contributed by atoms with Gasteiger partial charge in [-0.05, 0) is 48.1 Å². The Labute approximate surface area is 161 Å². The fourth-order valence-electron chi connectivity index (χ4n) is 3.27. The van der Waals surface area contributed by atoms with Crippen molar-refractivity contribution in [1.82, 2.24) is 9.62 Å². The summed E-state index contributed by atoms with van der Waals surface area (Å²) in [6.07, 6.45) is 2.70. The highest BCUT2D eigenvalue weighted by Crippen LogP contribution is 2.19. The Morgan fingerprint density at radius 3 is 2.48 bits per heavy atom. The molecule has 0 atom stereocenters. The Morgan fingerprint density at radius 1 is 1.07 bits per heavy atom. The van der Waals surface area contributed by atoms with Crippen molar-refractivity contribution in [3.63, 3.8) is 0 Å². The lowest BCUT2D eigenvalue weighted by atomic mass is 9.99. The monoisotopic (exact) mass is 386 g/mol. The van der Waals surface area contributed by atoms with E-state index in [2.05, 4.69) is 16.9 Å². The van der Waals surface area contributed by atoms with Crippen molar-refractivity contribution in [3.8, 4) is 0 Å². The lowest BCUT2D eigenvalue weighted by Gasteiger charge is -2.29.